The molecule has 0 saturated carbocycles. The van der Waals surface area contributed by atoms with Gasteiger partial charge in [-0.1, -0.05) is 30.2 Å². The van der Waals surface area contributed by atoms with E-state index in [-0.39, 0.29) is 0 Å². The lowest BCUT2D eigenvalue weighted by Crippen LogP contribution is -1.81. The Hall–Kier alpha value is -0.520. The Kier molecular flexibility index (Phi) is 6.84. The second-order valence-electron chi connectivity index (χ2n) is 3.36. The number of rotatable bonds is 5. The molecule has 0 aromatic heterocycles. The van der Waals surface area contributed by atoms with Crippen LogP contribution >= 0.6 is 0 Å². The van der Waals surface area contributed by atoms with Gasteiger partial charge in [0.05, 0.1) is 0 Å². The van der Waals surface area contributed by atoms with E-state index < -0.39 is 0 Å². The first-order valence-corrected chi connectivity index (χ1v) is 4.81. The summed E-state index contributed by atoms with van der Waals surface area (Å²) < 4.78 is 0. The van der Waals surface area contributed by atoms with Crippen molar-refractivity contribution in [3.63, 3.8) is 0 Å². The molecule has 0 fully saturated rings. The Morgan fingerprint density at radius 3 is 2.25 bits per heavy atom. The van der Waals surface area contributed by atoms with Crippen LogP contribution in [0.4, 0.5) is 0 Å². The SMILES string of the molecule is [CH2]C=C(C)CCCC(C)=CCC. The summed E-state index contributed by atoms with van der Waals surface area (Å²) in [6, 6.07) is 0. The normalized spacial score (nSPS) is 13.7. The summed E-state index contributed by atoms with van der Waals surface area (Å²) in [7, 11) is 0. The molecule has 69 valence electrons. The molecule has 0 heterocycles. The van der Waals surface area contributed by atoms with E-state index in [0.717, 1.165) is 6.42 Å². The molecule has 0 aromatic carbocycles. The maximum Gasteiger partial charge on any atom is -0.0313 e. The van der Waals surface area contributed by atoms with Crippen LogP contribution in [0.5, 0.6) is 0 Å². The van der Waals surface area contributed by atoms with Crippen molar-refractivity contribution in [3.05, 3.63) is 30.2 Å². The first kappa shape index (κ1) is 11.5. The van der Waals surface area contributed by atoms with E-state index in [2.05, 4.69) is 33.8 Å². The van der Waals surface area contributed by atoms with Gasteiger partial charge in [-0.15, -0.1) is 0 Å². The zero-order valence-corrected chi connectivity index (χ0v) is 8.69. The molecule has 0 atom stereocenters. The van der Waals surface area contributed by atoms with Crippen molar-refractivity contribution >= 4 is 0 Å². The first-order chi connectivity index (χ1) is 5.70. The Bertz CT molecular complexity index is 161. The molecule has 0 aliphatic rings. The molecule has 0 heteroatoms. The maximum absolute atomic E-state index is 3.74. The molecular weight excluding hydrogens is 144 g/mol. The van der Waals surface area contributed by atoms with Gasteiger partial charge in [0, 0.05) is 0 Å². The van der Waals surface area contributed by atoms with Crippen molar-refractivity contribution in [2.24, 2.45) is 0 Å². The van der Waals surface area contributed by atoms with E-state index in [1.54, 1.807) is 0 Å². The molecule has 0 aliphatic heterocycles. The smallest absolute Gasteiger partial charge is 0.0313 e. The lowest BCUT2D eigenvalue weighted by molar-refractivity contribution is 0.799. The molecule has 0 nitrogen and oxygen atoms in total. The molecule has 0 aliphatic carbocycles. The van der Waals surface area contributed by atoms with Crippen LogP contribution in [0.25, 0.3) is 0 Å². The van der Waals surface area contributed by atoms with Crippen LogP contribution in [0, 0.1) is 6.92 Å². The predicted octanol–water partition coefficient (Wildman–Crippen LogP) is 4.29. The average Bonchev–Trinajstić information content (AvgIpc) is 2.04. The minimum absolute atomic E-state index is 1.16. The van der Waals surface area contributed by atoms with Gasteiger partial charge < -0.3 is 0 Å². The fourth-order valence-electron chi connectivity index (χ4n) is 1.20. The van der Waals surface area contributed by atoms with Crippen molar-refractivity contribution in [1.82, 2.24) is 0 Å². The minimum atomic E-state index is 1.16. The van der Waals surface area contributed by atoms with Crippen molar-refractivity contribution < 1.29 is 0 Å². The second kappa shape index (κ2) is 7.15. The van der Waals surface area contributed by atoms with Gasteiger partial charge in [0.25, 0.3) is 0 Å². The van der Waals surface area contributed by atoms with E-state index in [1.807, 2.05) is 6.08 Å². The van der Waals surface area contributed by atoms with Gasteiger partial charge in [0.1, 0.15) is 0 Å². The highest BCUT2D eigenvalue weighted by Crippen LogP contribution is 2.11. The van der Waals surface area contributed by atoms with Crippen LogP contribution in [0.1, 0.15) is 46.5 Å². The number of allylic oxidation sites excluding steroid dienone is 4. The van der Waals surface area contributed by atoms with Crippen LogP contribution in [-0.2, 0) is 0 Å². The Morgan fingerprint density at radius 1 is 1.17 bits per heavy atom. The van der Waals surface area contributed by atoms with Crippen LogP contribution in [0.2, 0.25) is 0 Å². The largest absolute Gasteiger partial charge is 0.0859 e. The fourth-order valence-corrected chi connectivity index (χ4v) is 1.20. The van der Waals surface area contributed by atoms with Crippen molar-refractivity contribution in [3.8, 4) is 0 Å². The third-order valence-electron chi connectivity index (χ3n) is 2.04. The molecule has 1 radical (unpaired) electrons. The summed E-state index contributed by atoms with van der Waals surface area (Å²) in [6.45, 7) is 10.3. The summed E-state index contributed by atoms with van der Waals surface area (Å²) in [6.07, 6.45) is 9.12. The van der Waals surface area contributed by atoms with E-state index >= 15 is 0 Å². The van der Waals surface area contributed by atoms with Crippen LogP contribution in [-0.4, -0.2) is 0 Å². The lowest BCUT2D eigenvalue weighted by Gasteiger charge is -2.01. The van der Waals surface area contributed by atoms with E-state index in [0.29, 0.717) is 0 Å². The van der Waals surface area contributed by atoms with Crippen molar-refractivity contribution in [1.29, 1.82) is 0 Å². The molecule has 0 amide bonds. The van der Waals surface area contributed by atoms with Crippen LogP contribution in [0.3, 0.4) is 0 Å². The second-order valence-corrected chi connectivity index (χ2v) is 3.36. The standard InChI is InChI=1S/C12H21/c1-5-8-12(4)10-7-9-11(3)6-2/h6,8H,2,5,7,9-10H2,1,3-4H3. The number of hydrogen-bond donors (Lipinski definition) is 0. The quantitative estimate of drug-likeness (QED) is 0.533. The molecule has 0 bridgehead atoms. The topological polar surface area (TPSA) is 0 Å². The summed E-state index contributed by atoms with van der Waals surface area (Å²) in [5.74, 6) is 0. The third kappa shape index (κ3) is 6.21. The van der Waals surface area contributed by atoms with Gasteiger partial charge in [0.15, 0.2) is 0 Å². The highest BCUT2D eigenvalue weighted by atomic mass is 14.0. The summed E-state index contributed by atoms with van der Waals surface area (Å²) >= 11 is 0. The average molecular weight is 165 g/mol. The van der Waals surface area contributed by atoms with E-state index in [4.69, 9.17) is 0 Å². The monoisotopic (exact) mass is 165 g/mol. The van der Waals surface area contributed by atoms with Crippen molar-refractivity contribution in [2.75, 3.05) is 0 Å². The van der Waals surface area contributed by atoms with Gasteiger partial charge in [-0.25, -0.2) is 0 Å². The Balaban J connectivity index is 3.50. The third-order valence-corrected chi connectivity index (χ3v) is 2.04. The van der Waals surface area contributed by atoms with Gasteiger partial charge >= 0.3 is 0 Å². The molecule has 12 heavy (non-hydrogen) atoms. The molecule has 0 unspecified atom stereocenters. The zero-order chi connectivity index (χ0) is 9.40. The van der Waals surface area contributed by atoms with E-state index in [1.165, 1.54) is 30.4 Å². The summed E-state index contributed by atoms with van der Waals surface area (Å²) in [4.78, 5) is 0. The fraction of sp³-hybridized carbons (Fsp3) is 0.583. The summed E-state index contributed by atoms with van der Waals surface area (Å²) in [5, 5.41) is 0. The number of hydrogen-bond acceptors (Lipinski definition) is 0. The minimum Gasteiger partial charge on any atom is -0.0859 e. The zero-order valence-electron chi connectivity index (χ0n) is 8.69. The molecule has 0 saturated heterocycles. The lowest BCUT2D eigenvalue weighted by atomic mass is 10.1. The van der Waals surface area contributed by atoms with Gasteiger partial charge in [-0.2, -0.15) is 0 Å². The molecule has 0 N–H and O–H groups in total. The van der Waals surface area contributed by atoms with Gasteiger partial charge in [-0.05, 0) is 46.5 Å². The van der Waals surface area contributed by atoms with Crippen LogP contribution in [0.15, 0.2) is 23.3 Å². The summed E-state index contributed by atoms with van der Waals surface area (Å²) in [5.41, 5.74) is 2.92. The van der Waals surface area contributed by atoms with Gasteiger partial charge in [-0.3, -0.25) is 0 Å². The van der Waals surface area contributed by atoms with Crippen LogP contribution < -0.4 is 0 Å². The Labute approximate surface area is 77.4 Å². The van der Waals surface area contributed by atoms with Gasteiger partial charge in [0.2, 0.25) is 0 Å². The highest BCUT2D eigenvalue weighted by Gasteiger charge is 1.91. The van der Waals surface area contributed by atoms with E-state index in [9.17, 15) is 0 Å². The molecule has 0 rings (SSSR count). The predicted molar refractivity (Wildman–Crippen MR) is 57.0 cm³/mol. The molecular formula is C12H21. The highest BCUT2D eigenvalue weighted by molar-refractivity contribution is 5.02. The first-order valence-electron chi connectivity index (χ1n) is 4.81. The molecule has 0 spiro atoms. The maximum atomic E-state index is 3.74. The molecule has 0 aromatic rings. The Morgan fingerprint density at radius 2 is 1.75 bits per heavy atom. The van der Waals surface area contributed by atoms with Crippen molar-refractivity contribution in [2.45, 2.75) is 46.5 Å².